The fourth-order valence-electron chi connectivity index (χ4n) is 2.87. The van der Waals surface area contributed by atoms with Crippen molar-refractivity contribution < 1.29 is 16.8 Å². The lowest BCUT2D eigenvalue weighted by molar-refractivity contribution is 0.598. The molecule has 0 radical (unpaired) electrons. The highest BCUT2D eigenvalue weighted by Crippen LogP contribution is 2.32. The van der Waals surface area contributed by atoms with E-state index in [1.165, 1.54) is 16.4 Å². The van der Waals surface area contributed by atoms with Gasteiger partial charge < -0.3 is 0 Å². The van der Waals surface area contributed by atoms with Crippen LogP contribution < -0.4 is 9.03 Å². The average molecular weight is 415 g/mol. The SMILES string of the molecule is Cc1ccc(C)c(S(=O)(=O)Nc2ccc(N3CCCS3(=O)=O)cc2Cl)c1. The Balaban J connectivity index is 1.92. The third kappa shape index (κ3) is 3.67. The second-order valence-corrected chi connectivity index (χ2v) is 10.4. The third-order valence-corrected chi connectivity index (χ3v) is 7.91. The maximum atomic E-state index is 12.7. The minimum absolute atomic E-state index is 0.103. The molecule has 1 N–H and O–H groups in total. The van der Waals surface area contributed by atoms with Gasteiger partial charge in [0.1, 0.15) is 0 Å². The van der Waals surface area contributed by atoms with Gasteiger partial charge in [0.15, 0.2) is 0 Å². The maximum absolute atomic E-state index is 12.7. The van der Waals surface area contributed by atoms with E-state index in [9.17, 15) is 16.8 Å². The van der Waals surface area contributed by atoms with Crippen LogP contribution in [0.1, 0.15) is 17.5 Å². The Labute approximate surface area is 158 Å². The van der Waals surface area contributed by atoms with Crippen LogP contribution in [0.15, 0.2) is 41.3 Å². The van der Waals surface area contributed by atoms with Crippen LogP contribution in [0.5, 0.6) is 0 Å². The zero-order valence-electron chi connectivity index (χ0n) is 14.4. The van der Waals surface area contributed by atoms with Gasteiger partial charge in [-0.1, -0.05) is 23.7 Å². The van der Waals surface area contributed by atoms with Crippen LogP contribution in [-0.4, -0.2) is 29.1 Å². The second kappa shape index (κ2) is 6.75. The Morgan fingerprint density at radius 1 is 1.12 bits per heavy atom. The van der Waals surface area contributed by atoms with Crippen LogP contribution >= 0.6 is 11.6 Å². The smallest absolute Gasteiger partial charge is 0.262 e. The first-order chi connectivity index (χ1) is 12.1. The Hall–Kier alpha value is -1.77. The van der Waals surface area contributed by atoms with E-state index in [1.54, 1.807) is 25.1 Å². The van der Waals surface area contributed by atoms with Gasteiger partial charge in [0.2, 0.25) is 10.0 Å². The summed E-state index contributed by atoms with van der Waals surface area (Å²) in [6, 6.07) is 9.67. The maximum Gasteiger partial charge on any atom is 0.262 e. The molecule has 1 aliphatic heterocycles. The van der Waals surface area contributed by atoms with Gasteiger partial charge >= 0.3 is 0 Å². The summed E-state index contributed by atoms with van der Waals surface area (Å²) in [5.74, 6) is 0.103. The molecule has 0 aromatic heterocycles. The highest BCUT2D eigenvalue weighted by Gasteiger charge is 2.29. The minimum atomic E-state index is -3.81. The number of hydrogen-bond donors (Lipinski definition) is 1. The van der Waals surface area contributed by atoms with Crippen molar-refractivity contribution in [3.63, 3.8) is 0 Å². The van der Waals surface area contributed by atoms with Gasteiger partial charge in [-0.15, -0.1) is 0 Å². The molecule has 0 unspecified atom stereocenters. The molecule has 26 heavy (non-hydrogen) atoms. The molecule has 0 spiro atoms. The van der Waals surface area contributed by atoms with Crippen LogP contribution in [0.2, 0.25) is 5.02 Å². The number of anilines is 2. The second-order valence-electron chi connectivity index (χ2n) is 6.28. The van der Waals surface area contributed by atoms with Crippen LogP contribution in [0.3, 0.4) is 0 Å². The lowest BCUT2D eigenvalue weighted by Crippen LogP contribution is -2.25. The Morgan fingerprint density at radius 2 is 1.85 bits per heavy atom. The standard InChI is InChI=1S/C17H19ClN2O4S2/c1-12-4-5-13(2)17(10-12)26(23,24)19-16-7-6-14(11-15(16)18)20-8-3-9-25(20,21)22/h4-7,10-11,19H,3,8-9H2,1-2H3. The fourth-order valence-corrected chi connectivity index (χ4v) is 6.11. The van der Waals surface area contributed by atoms with E-state index in [2.05, 4.69) is 4.72 Å². The highest BCUT2D eigenvalue weighted by molar-refractivity contribution is 7.93. The molecular formula is C17H19ClN2O4S2. The van der Waals surface area contributed by atoms with Gasteiger partial charge in [-0.3, -0.25) is 9.03 Å². The van der Waals surface area contributed by atoms with Crippen LogP contribution in [0.4, 0.5) is 11.4 Å². The molecule has 9 heteroatoms. The van der Waals surface area contributed by atoms with E-state index in [4.69, 9.17) is 11.6 Å². The Bertz CT molecular complexity index is 1070. The highest BCUT2D eigenvalue weighted by atomic mass is 35.5. The summed E-state index contributed by atoms with van der Waals surface area (Å²) in [5.41, 5.74) is 2.09. The summed E-state index contributed by atoms with van der Waals surface area (Å²) < 4.78 is 53.2. The Kier molecular flexibility index (Phi) is 4.94. The van der Waals surface area contributed by atoms with Gasteiger partial charge in [-0.2, -0.15) is 0 Å². The van der Waals surface area contributed by atoms with E-state index >= 15 is 0 Å². The first-order valence-electron chi connectivity index (χ1n) is 8.00. The molecule has 0 atom stereocenters. The molecule has 2 aromatic carbocycles. The summed E-state index contributed by atoms with van der Waals surface area (Å²) in [6.45, 7) is 3.93. The molecule has 0 amide bonds. The first kappa shape index (κ1) is 19.0. The monoisotopic (exact) mass is 414 g/mol. The molecule has 1 fully saturated rings. The molecule has 2 aromatic rings. The number of nitrogens with zero attached hydrogens (tertiary/aromatic N) is 1. The minimum Gasteiger partial charge on any atom is -0.278 e. The zero-order valence-corrected chi connectivity index (χ0v) is 16.7. The van der Waals surface area contributed by atoms with Crippen molar-refractivity contribution in [3.05, 3.63) is 52.5 Å². The van der Waals surface area contributed by atoms with Crippen molar-refractivity contribution in [3.8, 4) is 0 Å². The topological polar surface area (TPSA) is 83.6 Å². The predicted octanol–water partition coefficient (Wildman–Crippen LogP) is 3.30. The number of hydrogen-bond acceptors (Lipinski definition) is 4. The number of rotatable bonds is 4. The molecule has 0 bridgehead atoms. The average Bonchev–Trinajstić information content (AvgIpc) is 2.91. The van der Waals surface area contributed by atoms with Crippen molar-refractivity contribution in [2.45, 2.75) is 25.2 Å². The van der Waals surface area contributed by atoms with E-state index in [1.807, 2.05) is 13.0 Å². The summed E-state index contributed by atoms with van der Waals surface area (Å²) >= 11 is 6.22. The van der Waals surface area contributed by atoms with Crippen LogP contribution in [-0.2, 0) is 20.0 Å². The zero-order chi connectivity index (χ0) is 19.1. The number of halogens is 1. The van der Waals surface area contributed by atoms with E-state index in [0.29, 0.717) is 24.2 Å². The van der Waals surface area contributed by atoms with Gasteiger partial charge in [-0.25, -0.2) is 16.8 Å². The summed E-state index contributed by atoms with van der Waals surface area (Å²) in [6.07, 6.45) is 0.557. The summed E-state index contributed by atoms with van der Waals surface area (Å²) in [7, 11) is -7.13. The van der Waals surface area contributed by atoms with Crippen molar-refractivity contribution in [1.29, 1.82) is 0 Å². The molecule has 1 aliphatic rings. The van der Waals surface area contributed by atoms with Crippen molar-refractivity contribution in [2.24, 2.45) is 0 Å². The Morgan fingerprint density at radius 3 is 2.46 bits per heavy atom. The summed E-state index contributed by atoms with van der Waals surface area (Å²) in [4.78, 5) is 0.180. The first-order valence-corrected chi connectivity index (χ1v) is 11.5. The number of nitrogens with one attached hydrogen (secondary N) is 1. The van der Waals surface area contributed by atoms with Crippen molar-refractivity contribution in [1.82, 2.24) is 0 Å². The summed E-state index contributed by atoms with van der Waals surface area (Å²) in [5, 5.41) is 0.137. The largest absolute Gasteiger partial charge is 0.278 e. The number of sulfonamides is 2. The third-order valence-electron chi connectivity index (χ3n) is 4.22. The van der Waals surface area contributed by atoms with E-state index in [0.717, 1.165) is 5.56 Å². The predicted molar refractivity (Wildman–Crippen MR) is 104 cm³/mol. The number of benzene rings is 2. The van der Waals surface area contributed by atoms with E-state index in [-0.39, 0.29) is 21.4 Å². The lowest BCUT2D eigenvalue weighted by Gasteiger charge is -2.18. The quantitative estimate of drug-likeness (QED) is 0.831. The molecule has 3 rings (SSSR count). The van der Waals surface area contributed by atoms with E-state index < -0.39 is 20.0 Å². The van der Waals surface area contributed by atoms with Crippen LogP contribution in [0, 0.1) is 13.8 Å². The molecule has 1 heterocycles. The van der Waals surface area contributed by atoms with Crippen molar-refractivity contribution >= 4 is 43.0 Å². The van der Waals surface area contributed by atoms with Crippen molar-refractivity contribution in [2.75, 3.05) is 21.3 Å². The number of aryl methyl sites for hydroxylation is 2. The molecule has 140 valence electrons. The lowest BCUT2D eigenvalue weighted by atomic mass is 10.2. The molecule has 0 aliphatic carbocycles. The van der Waals surface area contributed by atoms with Gasteiger partial charge in [-0.05, 0) is 55.7 Å². The van der Waals surface area contributed by atoms with Gasteiger partial charge in [0.25, 0.3) is 10.0 Å². The molecule has 6 nitrogen and oxygen atoms in total. The van der Waals surface area contributed by atoms with Crippen LogP contribution in [0.25, 0.3) is 0 Å². The molecule has 1 saturated heterocycles. The van der Waals surface area contributed by atoms with Gasteiger partial charge in [0.05, 0.1) is 27.0 Å². The molecular weight excluding hydrogens is 396 g/mol. The fraction of sp³-hybridized carbons (Fsp3) is 0.294. The molecule has 0 saturated carbocycles. The van der Waals surface area contributed by atoms with Gasteiger partial charge in [0, 0.05) is 6.54 Å². The normalized spacial score (nSPS) is 16.7.